The van der Waals surface area contributed by atoms with E-state index in [2.05, 4.69) is 19.2 Å². The van der Waals surface area contributed by atoms with Crippen molar-refractivity contribution in [2.75, 3.05) is 0 Å². The normalized spacial score (nSPS) is 16.0. The molecule has 3 heteroatoms. The number of nitrogens with one attached hydrogen (secondary N) is 1. The molecule has 0 fully saturated rings. The molecule has 94 valence electrons. The monoisotopic (exact) mass is 234 g/mol. The molecule has 0 saturated carbocycles. The van der Waals surface area contributed by atoms with E-state index >= 15 is 0 Å². The van der Waals surface area contributed by atoms with Gasteiger partial charge in [-0.25, -0.2) is 0 Å². The van der Waals surface area contributed by atoms with Crippen LogP contribution in [0, 0.1) is 5.92 Å². The number of nitrogens with two attached hydrogens (primary N) is 1. The number of hydrogen-bond acceptors (Lipinski definition) is 2. The Balaban J connectivity index is 2.59. The van der Waals surface area contributed by atoms with Crippen LogP contribution in [-0.4, -0.2) is 11.9 Å². The maximum atomic E-state index is 11.9. The van der Waals surface area contributed by atoms with Crippen molar-refractivity contribution in [1.29, 1.82) is 0 Å². The molecular formula is C14H22N2O. The molecule has 0 aliphatic rings. The first-order valence-electron chi connectivity index (χ1n) is 6.17. The van der Waals surface area contributed by atoms with Gasteiger partial charge in [-0.15, -0.1) is 0 Å². The fourth-order valence-corrected chi connectivity index (χ4v) is 1.62. The molecule has 0 bridgehead atoms. The van der Waals surface area contributed by atoms with Gasteiger partial charge >= 0.3 is 0 Å². The van der Waals surface area contributed by atoms with Crippen LogP contribution < -0.4 is 11.1 Å². The lowest BCUT2D eigenvalue weighted by atomic mass is 10.00. The van der Waals surface area contributed by atoms with Crippen molar-refractivity contribution in [2.24, 2.45) is 11.7 Å². The quantitative estimate of drug-likeness (QED) is 0.821. The van der Waals surface area contributed by atoms with E-state index in [1.54, 1.807) is 0 Å². The first kappa shape index (κ1) is 13.7. The van der Waals surface area contributed by atoms with Gasteiger partial charge in [0.2, 0.25) is 5.91 Å². The second-order valence-corrected chi connectivity index (χ2v) is 4.57. The predicted molar refractivity (Wildman–Crippen MR) is 70.4 cm³/mol. The minimum absolute atomic E-state index is 0.107. The smallest absolute Gasteiger partial charge is 0.241 e. The Kier molecular flexibility index (Phi) is 5.16. The Hall–Kier alpha value is -1.35. The molecule has 0 aliphatic carbocycles. The highest BCUT2D eigenvalue weighted by Gasteiger charge is 2.19. The van der Waals surface area contributed by atoms with Crippen molar-refractivity contribution >= 4 is 5.91 Å². The zero-order valence-electron chi connectivity index (χ0n) is 10.8. The van der Waals surface area contributed by atoms with Gasteiger partial charge in [0.15, 0.2) is 0 Å². The second-order valence-electron chi connectivity index (χ2n) is 4.57. The van der Waals surface area contributed by atoms with Crippen LogP contribution in [0.1, 0.15) is 38.8 Å². The third-order valence-electron chi connectivity index (χ3n) is 3.31. The highest BCUT2D eigenvalue weighted by atomic mass is 16.2. The molecule has 0 aliphatic heterocycles. The van der Waals surface area contributed by atoms with E-state index in [-0.39, 0.29) is 11.9 Å². The van der Waals surface area contributed by atoms with Gasteiger partial charge in [-0.2, -0.15) is 0 Å². The number of hydrogen-bond donors (Lipinski definition) is 2. The van der Waals surface area contributed by atoms with Crippen molar-refractivity contribution in [1.82, 2.24) is 5.32 Å². The summed E-state index contributed by atoms with van der Waals surface area (Å²) in [4.78, 5) is 11.9. The van der Waals surface area contributed by atoms with Crippen molar-refractivity contribution in [2.45, 2.75) is 39.3 Å². The van der Waals surface area contributed by atoms with E-state index in [0.717, 1.165) is 12.0 Å². The molecule has 0 spiro atoms. The fourth-order valence-electron chi connectivity index (χ4n) is 1.62. The predicted octanol–water partition coefficient (Wildman–Crippen LogP) is 2.24. The van der Waals surface area contributed by atoms with Crippen LogP contribution >= 0.6 is 0 Å². The van der Waals surface area contributed by atoms with Crippen LogP contribution in [-0.2, 0) is 4.79 Å². The summed E-state index contributed by atoms with van der Waals surface area (Å²) in [5.74, 6) is 0.353. The molecule has 1 amide bonds. The van der Waals surface area contributed by atoms with E-state index in [1.165, 1.54) is 0 Å². The van der Waals surface area contributed by atoms with Crippen molar-refractivity contribution in [3.63, 3.8) is 0 Å². The van der Waals surface area contributed by atoms with Gasteiger partial charge in [0, 0.05) is 6.04 Å². The van der Waals surface area contributed by atoms with Crippen LogP contribution in [0.4, 0.5) is 0 Å². The van der Waals surface area contributed by atoms with E-state index in [4.69, 9.17) is 5.73 Å². The first-order chi connectivity index (χ1) is 8.06. The molecule has 1 rings (SSSR count). The zero-order chi connectivity index (χ0) is 12.8. The van der Waals surface area contributed by atoms with Crippen LogP contribution in [0.5, 0.6) is 0 Å². The number of amides is 1. The van der Waals surface area contributed by atoms with Crippen LogP contribution in [0.3, 0.4) is 0 Å². The van der Waals surface area contributed by atoms with Gasteiger partial charge in [0.05, 0.1) is 0 Å². The minimum atomic E-state index is -0.581. The molecule has 1 aromatic rings. The average molecular weight is 234 g/mol. The van der Waals surface area contributed by atoms with Crippen LogP contribution in [0.25, 0.3) is 0 Å². The SMILES string of the molecule is CCC(C)C(C)NC(=O)[C@@H](N)c1ccccc1. The highest BCUT2D eigenvalue weighted by molar-refractivity contribution is 5.83. The Labute approximate surface area is 103 Å². The Morgan fingerprint density at radius 1 is 1.29 bits per heavy atom. The minimum Gasteiger partial charge on any atom is -0.352 e. The summed E-state index contributed by atoms with van der Waals surface area (Å²) >= 11 is 0. The van der Waals surface area contributed by atoms with Gasteiger partial charge in [0.25, 0.3) is 0 Å². The van der Waals surface area contributed by atoms with Crippen LogP contribution in [0.15, 0.2) is 30.3 Å². The Bertz CT molecular complexity index is 350. The summed E-state index contributed by atoms with van der Waals surface area (Å²) in [6.45, 7) is 6.26. The molecule has 1 aromatic carbocycles. The molecule has 0 radical (unpaired) electrons. The molecule has 3 nitrogen and oxygen atoms in total. The van der Waals surface area contributed by atoms with Gasteiger partial charge in [-0.3, -0.25) is 4.79 Å². The van der Waals surface area contributed by atoms with Gasteiger partial charge in [-0.1, -0.05) is 50.6 Å². The molecule has 2 unspecified atom stereocenters. The maximum absolute atomic E-state index is 11.9. The molecular weight excluding hydrogens is 212 g/mol. The Morgan fingerprint density at radius 3 is 2.41 bits per heavy atom. The average Bonchev–Trinajstić information content (AvgIpc) is 2.37. The zero-order valence-corrected chi connectivity index (χ0v) is 10.8. The summed E-state index contributed by atoms with van der Waals surface area (Å²) in [6, 6.07) is 9.01. The molecule has 0 saturated heterocycles. The summed E-state index contributed by atoms with van der Waals surface area (Å²) < 4.78 is 0. The Morgan fingerprint density at radius 2 is 1.88 bits per heavy atom. The van der Waals surface area contributed by atoms with Crippen molar-refractivity contribution in [3.8, 4) is 0 Å². The summed E-state index contributed by atoms with van der Waals surface area (Å²) in [5.41, 5.74) is 6.76. The first-order valence-corrected chi connectivity index (χ1v) is 6.17. The lowest BCUT2D eigenvalue weighted by Gasteiger charge is -2.22. The van der Waals surface area contributed by atoms with E-state index in [9.17, 15) is 4.79 Å². The molecule has 17 heavy (non-hydrogen) atoms. The summed E-state index contributed by atoms with van der Waals surface area (Å²) in [7, 11) is 0. The van der Waals surface area contributed by atoms with Gasteiger partial charge in [-0.05, 0) is 18.4 Å². The second kappa shape index (κ2) is 6.40. The van der Waals surface area contributed by atoms with E-state index in [1.807, 2.05) is 37.3 Å². The number of carbonyl (C=O) groups is 1. The van der Waals surface area contributed by atoms with Crippen molar-refractivity contribution in [3.05, 3.63) is 35.9 Å². The number of rotatable bonds is 5. The number of carbonyl (C=O) groups excluding carboxylic acids is 1. The lowest BCUT2D eigenvalue weighted by molar-refractivity contribution is -0.123. The molecule has 0 aromatic heterocycles. The topological polar surface area (TPSA) is 55.1 Å². The number of benzene rings is 1. The molecule has 3 atom stereocenters. The van der Waals surface area contributed by atoms with E-state index < -0.39 is 6.04 Å². The summed E-state index contributed by atoms with van der Waals surface area (Å²) in [6.07, 6.45) is 1.04. The highest BCUT2D eigenvalue weighted by Crippen LogP contribution is 2.12. The third kappa shape index (κ3) is 3.86. The maximum Gasteiger partial charge on any atom is 0.241 e. The largest absolute Gasteiger partial charge is 0.352 e. The molecule has 0 heterocycles. The lowest BCUT2D eigenvalue weighted by Crippen LogP contribution is -2.42. The fraction of sp³-hybridized carbons (Fsp3) is 0.500. The van der Waals surface area contributed by atoms with Gasteiger partial charge < -0.3 is 11.1 Å². The third-order valence-corrected chi connectivity index (χ3v) is 3.31. The standard InChI is InChI=1S/C14H22N2O/c1-4-10(2)11(3)16-14(17)13(15)12-8-6-5-7-9-12/h5-11,13H,4,15H2,1-3H3,(H,16,17)/t10?,11?,13-/m0/s1. The molecule has 3 N–H and O–H groups in total. The van der Waals surface area contributed by atoms with Crippen molar-refractivity contribution < 1.29 is 4.79 Å². The van der Waals surface area contributed by atoms with E-state index in [0.29, 0.717) is 5.92 Å². The summed E-state index contributed by atoms with van der Waals surface area (Å²) in [5, 5.41) is 2.96. The van der Waals surface area contributed by atoms with Crippen LogP contribution in [0.2, 0.25) is 0 Å². The van der Waals surface area contributed by atoms with Gasteiger partial charge in [0.1, 0.15) is 6.04 Å².